The summed E-state index contributed by atoms with van der Waals surface area (Å²) in [6, 6.07) is 0. The number of hydrogen-bond donors (Lipinski definition) is 3. The van der Waals surface area contributed by atoms with Crippen LogP contribution in [0.1, 0.15) is 61.0 Å². The molecular formula is C15H21FO4. The molecule has 0 aliphatic carbocycles. The molecule has 4 nitrogen and oxygen atoms in total. The van der Waals surface area contributed by atoms with Crippen molar-refractivity contribution in [1.82, 2.24) is 0 Å². The summed E-state index contributed by atoms with van der Waals surface area (Å²) in [7, 11) is 0. The van der Waals surface area contributed by atoms with Gasteiger partial charge in [-0.25, -0.2) is 9.18 Å². The summed E-state index contributed by atoms with van der Waals surface area (Å²) >= 11 is 0. The number of halogens is 1. The van der Waals surface area contributed by atoms with Crippen molar-refractivity contribution in [1.29, 1.82) is 0 Å². The largest absolute Gasteiger partial charge is 0.504 e. The van der Waals surface area contributed by atoms with Crippen LogP contribution >= 0.6 is 0 Å². The molecule has 20 heavy (non-hydrogen) atoms. The van der Waals surface area contributed by atoms with Crippen molar-refractivity contribution in [2.45, 2.75) is 52.4 Å². The van der Waals surface area contributed by atoms with Gasteiger partial charge in [0.1, 0.15) is 5.56 Å². The molecule has 3 N–H and O–H groups in total. The minimum atomic E-state index is -1.35. The summed E-state index contributed by atoms with van der Waals surface area (Å²) < 4.78 is 14.1. The van der Waals surface area contributed by atoms with Crippen molar-refractivity contribution in [3.63, 3.8) is 0 Å². The van der Waals surface area contributed by atoms with Crippen LogP contribution in [0.25, 0.3) is 0 Å². The predicted molar refractivity (Wildman–Crippen MR) is 73.9 cm³/mol. The van der Waals surface area contributed by atoms with Gasteiger partial charge < -0.3 is 15.3 Å². The number of carboxylic acid groups (broad SMARTS) is 1. The fraction of sp³-hybridized carbons (Fsp3) is 0.533. The Morgan fingerprint density at radius 3 is 1.95 bits per heavy atom. The van der Waals surface area contributed by atoms with Gasteiger partial charge in [0, 0.05) is 0 Å². The number of phenolic OH excluding ortho intramolecular Hbond substituents is 1. The predicted octanol–water partition coefficient (Wildman–Crippen LogP) is 3.62. The highest BCUT2D eigenvalue weighted by Crippen LogP contribution is 2.38. The van der Waals surface area contributed by atoms with Gasteiger partial charge in [0.25, 0.3) is 0 Å². The highest BCUT2D eigenvalue weighted by Gasteiger charge is 2.26. The topological polar surface area (TPSA) is 77.8 Å². The summed E-state index contributed by atoms with van der Waals surface area (Å²) in [6.07, 6.45) is 3.78. The molecule has 0 atom stereocenters. The highest BCUT2D eigenvalue weighted by molar-refractivity contribution is 5.94. The first kappa shape index (κ1) is 16.3. The highest BCUT2D eigenvalue weighted by atomic mass is 19.1. The van der Waals surface area contributed by atoms with Crippen LogP contribution in [-0.2, 0) is 12.8 Å². The molecule has 0 aliphatic rings. The SMILES string of the molecule is CCCCc1c(F)c(O)c(O)c(C(=O)O)c1CCCC. The van der Waals surface area contributed by atoms with Crippen molar-refractivity contribution in [3.05, 3.63) is 22.5 Å². The second-order valence-corrected chi connectivity index (χ2v) is 4.86. The summed E-state index contributed by atoms with van der Waals surface area (Å²) in [5.74, 6) is -4.08. The van der Waals surface area contributed by atoms with Gasteiger partial charge in [-0.15, -0.1) is 0 Å². The molecule has 0 bridgehead atoms. The Morgan fingerprint density at radius 1 is 1.00 bits per heavy atom. The van der Waals surface area contributed by atoms with Gasteiger partial charge in [0.05, 0.1) is 0 Å². The number of carboxylic acids is 1. The molecular weight excluding hydrogens is 263 g/mol. The molecule has 0 spiro atoms. The lowest BCUT2D eigenvalue weighted by Crippen LogP contribution is -2.10. The van der Waals surface area contributed by atoms with Gasteiger partial charge in [-0.3, -0.25) is 0 Å². The first-order valence-electron chi connectivity index (χ1n) is 6.94. The Hall–Kier alpha value is -1.78. The van der Waals surface area contributed by atoms with E-state index in [1.807, 2.05) is 13.8 Å². The van der Waals surface area contributed by atoms with E-state index in [2.05, 4.69) is 0 Å². The van der Waals surface area contributed by atoms with Crippen molar-refractivity contribution in [3.8, 4) is 11.5 Å². The first-order valence-corrected chi connectivity index (χ1v) is 6.94. The Morgan fingerprint density at radius 2 is 1.50 bits per heavy atom. The van der Waals surface area contributed by atoms with Crippen LogP contribution in [0.2, 0.25) is 0 Å². The van der Waals surface area contributed by atoms with Crippen LogP contribution in [-0.4, -0.2) is 21.3 Å². The van der Waals surface area contributed by atoms with Crippen molar-refractivity contribution in [2.75, 3.05) is 0 Å². The molecule has 1 aromatic carbocycles. The summed E-state index contributed by atoms with van der Waals surface area (Å²) in [4.78, 5) is 11.3. The molecule has 0 saturated carbocycles. The zero-order chi connectivity index (χ0) is 15.3. The molecule has 5 heteroatoms. The van der Waals surface area contributed by atoms with Gasteiger partial charge >= 0.3 is 5.97 Å². The Bertz CT molecular complexity index is 497. The molecule has 1 rings (SSSR count). The number of hydrogen-bond acceptors (Lipinski definition) is 3. The fourth-order valence-corrected chi connectivity index (χ4v) is 2.27. The smallest absolute Gasteiger partial charge is 0.339 e. The van der Waals surface area contributed by atoms with E-state index < -0.39 is 23.3 Å². The van der Waals surface area contributed by atoms with Gasteiger partial charge in [-0.05, 0) is 36.8 Å². The Kier molecular flexibility index (Phi) is 5.80. The van der Waals surface area contributed by atoms with E-state index in [0.29, 0.717) is 31.2 Å². The third kappa shape index (κ3) is 3.21. The molecule has 0 radical (unpaired) electrons. The quantitative estimate of drug-likeness (QED) is 0.668. The Balaban J connectivity index is 3.47. The van der Waals surface area contributed by atoms with Crippen LogP contribution in [0.15, 0.2) is 0 Å². The number of rotatable bonds is 7. The number of aromatic carboxylic acids is 1. The molecule has 0 amide bonds. The van der Waals surface area contributed by atoms with Crippen LogP contribution in [0, 0.1) is 5.82 Å². The van der Waals surface area contributed by atoms with Gasteiger partial charge in [-0.2, -0.15) is 0 Å². The van der Waals surface area contributed by atoms with Gasteiger partial charge in [0.15, 0.2) is 17.3 Å². The standard InChI is InChI=1S/C15H21FO4/c1-3-5-7-9-10(8-6-4-2)12(16)14(18)13(17)11(9)15(19)20/h17-18H,3-8H2,1-2H3,(H,19,20). The average molecular weight is 284 g/mol. The third-order valence-corrected chi connectivity index (χ3v) is 3.37. The zero-order valence-corrected chi connectivity index (χ0v) is 11.9. The van der Waals surface area contributed by atoms with Crippen LogP contribution in [0.4, 0.5) is 4.39 Å². The summed E-state index contributed by atoms with van der Waals surface area (Å²) in [6.45, 7) is 3.89. The fourth-order valence-electron chi connectivity index (χ4n) is 2.27. The van der Waals surface area contributed by atoms with Crippen LogP contribution in [0.3, 0.4) is 0 Å². The summed E-state index contributed by atoms with van der Waals surface area (Å²) in [5.41, 5.74) is 0.150. The first-order chi connectivity index (χ1) is 9.45. The molecule has 112 valence electrons. The van der Waals surface area contributed by atoms with Gasteiger partial charge in [-0.1, -0.05) is 26.7 Å². The van der Waals surface area contributed by atoms with E-state index in [0.717, 1.165) is 12.8 Å². The number of phenols is 2. The molecule has 0 saturated heterocycles. The summed E-state index contributed by atoms with van der Waals surface area (Å²) in [5, 5.41) is 28.5. The normalized spacial score (nSPS) is 10.8. The Labute approximate surface area is 117 Å². The monoisotopic (exact) mass is 284 g/mol. The van der Waals surface area contributed by atoms with Gasteiger partial charge in [0.2, 0.25) is 0 Å². The van der Waals surface area contributed by atoms with Crippen LogP contribution < -0.4 is 0 Å². The van der Waals surface area contributed by atoms with E-state index in [1.165, 1.54) is 0 Å². The number of benzene rings is 1. The molecule has 0 heterocycles. The maximum Gasteiger partial charge on any atom is 0.339 e. The van der Waals surface area contributed by atoms with E-state index in [4.69, 9.17) is 0 Å². The lowest BCUT2D eigenvalue weighted by atomic mass is 9.91. The third-order valence-electron chi connectivity index (χ3n) is 3.37. The zero-order valence-electron chi connectivity index (χ0n) is 11.9. The lowest BCUT2D eigenvalue weighted by Gasteiger charge is -2.16. The number of unbranched alkanes of at least 4 members (excludes halogenated alkanes) is 2. The molecule has 0 aromatic heterocycles. The second-order valence-electron chi connectivity index (χ2n) is 4.86. The number of carbonyl (C=O) groups is 1. The maximum absolute atomic E-state index is 14.1. The van der Waals surface area contributed by atoms with E-state index in [-0.39, 0.29) is 11.1 Å². The van der Waals surface area contributed by atoms with Crippen LogP contribution in [0.5, 0.6) is 11.5 Å². The lowest BCUT2D eigenvalue weighted by molar-refractivity contribution is 0.0691. The van der Waals surface area contributed by atoms with E-state index in [9.17, 15) is 24.5 Å². The molecule has 1 aromatic rings. The van der Waals surface area contributed by atoms with E-state index in [1.54, 1.807) is 0 Å². The molecule has 0 fully saturated rings. The maximum atomic E-state index is 14.1. The second kappa shape index (κ2) is 7.12. The molecule has 0 aliphatic heterocycles. The average Bonchev–Trinajstić information content (AvgIpc) is 2.41. The minimum absolute atomic E-state index is 0.216. The molecule has 0 unspecified atom stereocenters. The van der Waals surface area contributed by atoms with Crippen molar-refractivity contribution in [2.24, 2.45) is 0 Å². The van der Waals surface area contributed by atoms with E-state index >= 15 is 0 Å². The minimum Gasteiger partial charge on any atom is -0.504 e. The number of aromatic hydroxyl groups is 2. The van der Waals surface area contributed by atoms with Crippen molar-refractivity contribution < 1.29 is 24.5 Å². The van der Waals surface area contributed by atoms with Crippen molar-refractivity contribution >= 4 is 5.97 Å².